The van der Waals surface area contributed by atoms with Crippen molar-refractivity contribution in [2.24, 2.45) is 0 Å². The van der Waals surface area contributed by atoms with Crippen LogP contribution in [0.1, 0.15) is 0 Å². The van der Waals surface area contributed by atoms with Gasteiger partial charge in [0, 0.05) is 23.0 Å². The molecular weight excluding hydrogens is 635 g/mol. The van der Waals surface area contributed by atoms with E-state index in [1.807, 2.05) is 60.7 Å². The molecule has 244 valence electrons. The Balaban J connectivity index is 1.12. The van der Waals surface area contributed by atoms with Gasteiger partial charge in [-0.1, -0.05) is 121 Å². The van der Waals surface area contributed by atoms with E-state index in [4.69, 9.17) is 9.72 Å². The first-order valence-corrected chi connectivity index (χ1v) is 17.5. The number of ether oxygens (including phenoxy) is 1. The molecule has 0 saturated heterocycles. The molecule has 0 amide bonds. The molecule has 9 aromatic rings. The summed E-state index contributed by atoms with van der Waals surface area (Å²) in [4.78, 5) is 9.73. The maximum atomic E-state index is 6.46. The van der Waals surface area contributed by atoms with Gasteiger partial charge in [0.2, 0.25) is 0 Å². The first kappa shape index (κ1) is 29.8. The molecule has 0 N–H and O–H groups in total. The largest absolute Gasteiger partial charge is 0.457 e. The number of benzene rings is 7. The van der Waals surface area contributed by atoms with E-state index < -0.39 is 0 Å². The van der Waals surface area contributed by atoms with E-state index >= 15 is 0 Å². The minimum atomic E-state index is 0.733. The third-order valence-corrected chi connectivity index (χ3v) is 9.89. The third-order valence-electron chi connectivity index (χ3n) is 9.89. The fourth-order valence-electron chi connectivity index (χ4n) is 7.56. The summed E-state index contributed by atoms with van der Waals surface area (Å²) in [6.07, 6.45) is 1.81. The highest BCUT2D eigenvalue weighted by atomic mass is 16.5. The van der Waals surface area contributed by atoms with E-state index in [9.17, 15) is 0 Å². The summed E-state index contributed by atoms with van der Waals surface area (Å²) < 4.78 is 8.73. The van der Waals surface area contributed by atoms with Crippen LogP contribution in [0.15, 0.2) is 188 Å². The number of fused-ring (bicyclic) bond motifs is 9. The molecular formula is C48H31N3O. The molecule has 0 aliphatic heterocycles. The Kier molecular flexibility index (Phi) is 7.10. The molecule has 52 heavy (non-hydrogen) atoms. The maximum Gasteiger partial charge on any atom is 0.145 e. The number of rotatable bonds is 5. The van der Waals surface area contributed by atoms with Gasteiger partial charge in [0.15, 0.2) is 0 Å². The molecule has 0 radical (unpaired) electrons. The molecule has 4 heteroatoms. The number of pyridine rings is 1. The summed E-state index contributed by atoms with van der Waals surface area (Å²) in [6.45, 7) is 0. The standard InChI is InChI=1S/C48H31N3O/c1-2-18-38-37(17-1)39-19-3-4-21-41(39)43-27-26-34(31-44(43)42-22-6-5-20-40(38)42)51-47-25-8-7-24-46(47)50-48(51)33-14-12-16-36(30-33)52-35-15-11-13-32(29-35)45-23-9-10-28-49-45/h1-31H. The van der Waals surface area contributed by atoms with Gasteiger partial charge in [-0.2, -0.15) is 0 Å². The zero-order valence-electron chi connectivity index (χ0n) is 28.1. The van der Waals surface area contributed by atoms with Gasteiger partial charge in [-0.15, -0.1) is 0 Å². The summed E-state index contributed by atoms with van der Waals surface area (Å²) in [7, 11) is 0. The van der Waals surface area contributed by atoms with Crippen molar-refractivity contribution in [1.82, 2.24) is 14.5 Å². The number of aromatic nitrogens is 3. The van der Waals surface area contributed by atoms with E-state index in [1.54, 1.807) is 6.20 Å². The van der Waals surface area contributed by atoms with Gasteiger partial charge < -0.3 is 4.74 Å². The minimum Gasteiger partial charge on any atom is -0.457 e. The zero-order valence-corrected chi connectivity index (χ0v) is 28.1. The van der Waals surface area contributed by atoms with Crippen LogP contribution in [0, 0.1) is 0 Å². The Labute approximate surface area is 301 Å². The monoisotopic (exact) mass is 665 g/mol. The first-order valence-electron chi connectivity index (χ1n) is 17.5. The fraction of sp³-hybridized carbons (Fsp3) is 0. The number of hydrogen-bond acceptors (Lipinski definition) is 3. The summed E-state index contributed by atoms with van der Waals surface area (Å²) in [6, 6.07) is 63.6. The van der Waals surface area contributed by atoms with Crippen LogP contribution in [0.3, 0.4) is 0 Å². The molecule has 0 fully saturated rings. The average molecular weight is 666 g/mol. The van der Waals surface area contributed by atoms with Crippen molar-refractivity contribution in [2.75, 3.05) is 0 Å². The molecule has 4 nitrogen and oxygen atoms in total. The van der Waals surface area contributed by atoms with Gasteiger partial charge in [0.05, 0.1) is 16.7 Å². The second-order valence-electron chi connectivity index (χ2n) is 13.0. The topological polar surface area (TPSA) is 39.9 Å². The Morgan fingerprint density at radius 2 is 0.942 bits per heavy atom. The van der Waals surface area contributed by atoms with Gasteiger partial charge in [-0.25, -0.2) is 4.98 Å². The van der Waals surface area contributed by atoms with Crippen molar-refractivity contribution in [3.8, 4) is 84.3 Å². The Morgan fingerprint density at radius 3 is 1.58 bits per heavy atom. The first-order chi connectivity index (χ1) is 25.8. The second kappa shape index (κ2) is 12.4. The SMILES string of the molecule is c1ccc(-c2cccc(Oc3cccc(-c4nc5ccccc5n4-c4ccc5c(c4)-c4ccccc4-c4ccccc4-c4ccccc4-5)c3)c2)nc1. The summed E-state index contributed by atoms with van der Waals surface area (Å²) in [5.41, 5.74) is 15.6. The van der Waals surface area contributed by atoms with Crippen molar-refractivity contribution in [2.45, 2.75) is 0 Å². The Morgan fingerprint density at radius 1 is 0.404 bits per heavy atom. The summed E-state index contributed by atoms with van der Waals surface area (Å²) in [5, 5.41) is 0. The molecule has 7 aromatic carbocycles. The lowest BCUT2D eigenvalue weighted by Gasteiger charge is -2.24. The molecule has 1 aliphatic carbocycles. The maximum absolute atomic E-state index is 6.46. The van der Waals surface area contributed by atoms with Crippen molar-refractivity contribution in [1.29, 1.82) is 0 Å². The minimum absolute atomic E-state index is 0.733. The van der Waals surface area contributed by atoms with Crippen LogP contribution in [0.5, 0.6) is 11.5 Å². The van der Waals surface area contributed by atoms with Gasteiger partial charge in [0.25, 0.3) is 0 Å². The number of para-hydroxylation sites is 2. The van der Waals surface area contributed by atoms with Crippen molar-refractivity contribution in [3.05, 3.63) is 188 Å². The van der Waals surface area contributed by atoms with E-state index in [0.29, 0.717) is 0 Å². The molecule has 10 rings (SSSR count). The summed E-state index contributed by atoms with van der Waals surface area (Å²) in [5.74, 6) is 2.33. The Hall–Kier alpha value is -7.04. The molecule has 1 aliphatic rings. The van der Waals surface area contributed by atoms with Gasteiger partial charge >= 0.3 is 0 Å². The van der Waals surface area contributed by atoms with Gasteiger partial charge in [-0.05, 0) is 105 Å². The van der Waals surface area contributed by atoms with Crippen LogP contribution >= 0.6 is 0 Å². The average Bonchev–Trinajstić information content (AvgIpc) is 3.61. The van der Waals surface area contributed by atoms with Crippen LogP contribution in [0.4, 0.5) is 0 Å². The van der Waals surface area contributed by atoms with Gasteiger partial charge in [0.1, 0.15) is 17.3 Å². The predicted octanol–water partition coefficient (Wildman–Crippen LogP) is 12.5. The molecule has 2 aromatic heterocycles. The van der Waals surface area contributed by atoms with Gasteiger partial charge in [-0.3, -0.25) is 9.55 Å². The van der Waals surface area contributed by atoms with Crippen LogP contribution in [0.2, 0.25) is 0 Å². The lowest BCUT2D eigenvalue weighted by Crippen LogP contribution is -2.01. The van der Waals surface area contributed by atoms with E-state index in [-0.39, 0.29) is 0 Å². The molecule has 0 unspecified atom stereocenters. The lowest BCUT2D eigenvalue weighted by molar-refractivity contribution is 0.483. The fourth-order valence-corrected chi connectivity index (χ4v) is 7.56. The zero-order chi connectivity index (χ0) is 34.4. The molecule has 0 saturated carbocycles. The van der Waals surface area contributed by atoms with Crippen LogP contribution in [-0.4, -0.2) is 14.5 Å². The van der Waals surface area contributed by atoms with Crippen LogP contribution in [0.25, 0.3) is 83.9 Å². The smallest absolute Gasteiger partial charge is 0.145 e. The second-order valence-corrected chi connectivity index (χ2v) is 13.0. The number of hydrogen-bond donors (Lipinski definition) is 0. The normalized spacial score (nSPS) is 11.5. The van der Waals surface area contributed by atoms with Crippen molar-refractivity contribution < 1.29 is 4.74 Å². The highest BCUT2D eigenvalue weighted by molar-refractivity contribution is 6.03. The molecule has 0 bridgehead atoms. The lowest BCUT2D eigenvalue weighted by atomic mass is 9.81. The number of imidazole rings is 1. The van der Waals surface area contributed by atoms with Crippen molar-refractivity contribution >= 4 is 11.0 Å². The predicted molar refractivity (Wildman–Crippen MR) is 212 cm³/mol. The van der Waals surface area contributed by atoms with Crippen molar-refractivity contribution in [3.63, 3.8) is 0 Å². The highest BCUT2D eigenvalue weighted by Crippen LogP contribution is 2.48. The number of nitrogens with zero attached hydrogens (tertiary/aromatic N) is 3. The molecule has 0 atom stereocenters. The van der Waals surface area contributed by atoms with E-state index in [0.717, 1.165) is 50.9 Å². The summed E-state index contributed by atoms with van der Waals surface area (Å²) >= 11 is 0. The highest BCUT2D eigenvalue weighted by Gasteiger charge is 2.23. The quantitative estimate of drug-likeness (QED) is 0.184. The van der Waals surface area contributed by atoms with E-state index in [2.05, 4.69) is 131 Å². The Bertz CT molecular complexity index is 2780. The molecule has 0 spiro atoms. The van der Waals surface area contributed by atoms with Crippen LogP contribution in [-0.2, 0) is 0 Å². The molecule has 2 heterocycles. The van der Waals surface area contributed by atoms with E-state index in [1.165, 1.54) is 44.5 Å². The van der Waals surface area contributed by atoms with Crippen LogP contribution < -0.4 is 4.74 Å². The third kappa shape index (κ3) is 5.09.